The van der Waals surface area contributed by atoms with Crippen LogP contribution in [0, 0.1) is 23.7 Å². The second-order valence-corrected chi connectivity index (χ2v) is 4.81. The van der Waals surface area contributed by atoms with Crippen LogP contribution in [0.2, 0.25) is 5.02 Å². The molecule has 0 aliphatic heterocycles. The van der Waals surface area contributed by atoms with Crippen LogP contribution in [-0.4, -0.2) is 12.9 Å². The van der Waals surface area contributed by atoms with Crippen LogP contribution in [0.3, 0.4) is 0 Å². The topological polar surface area (TPSA) is 50.1 Å². The molecule has 0 unspecified atom stereocenters. The summed E-state index contributed by atoms with van der Waals surface area (Å²) >= 11 is 5.93. The fourth-order valence-electron chi connectivity index (χ4n) is 1.56. The number of nitrogens with zero attached hydrogens (tertiary/aromatic N) is 1. The van der Waals surface area contributed by atoms with Crippen LogP contribution >= 0.6 is 11.6 Å². The number of halogens is 1. The number of methoxy groups -OCH3 is 1. The van der Waals surface area contributed by atoms with Crippen LogP contribution in [0.5, 0.6) is 5.75 Å². The van der Waals surface area contributed by atoms with E-state index in [-0.39, 0.29) is 5.78 Å². The van der Waals surface area contributed by atoms with E-state index in [0.29, 0.717) is 16.3 Å². The van der Waals surface area contributed by atoms with Crippen molar-refractivity contribution in [2.45, 2.75) is 20.8 Å². The van der Waals surface area contributed by atoms with Crippen LogP contribution in [0.15, 0.2) is 12.1 Å². The average molecular weight is 252 g/mol. The number of aryl methyl sites for hydroxylation is 1. The second-order valence-electron chi connectivity index (χ2n) is 4.37. The standard InChI is InChI=1S/C13H14ClNO2/c1-8-5-9(14)6-10(11(8)17-4)12(16)13(2,3)7-15/h5-6H,1-4H3. The third-order valence-electron chi connectivity index (χ3n) is 2.54. The second kappa shape index (κ2) is 4.77. The SMILES string of the molecule is COc1c(C)cc(Cl)cc1C(=O)C(C)(C)C#N. The van der Waals surface area contributed by atoms with E-state index in [4.69, 9.17) is 21.6 Å². The van der Waals surface area contributed by atoms with Gasteiger partial charge in [0.05, 0.1) is 18.7 Å². The third-order valence-corrected chi connectivity index (χ3v) is 2.75. The molecule has 0 fully saturated rings. The fourth-order valence-corrected chi connectivity index (χ4v) is 1.83. The number of carbonyl (C=O) groups is 1. The van der Waals surface area contributed by atoms with Crippen molar-refractivity contribution in [1.82, 2.24) is 0 Å². The van der Waals surface area contributed by atoms with Gasteiger partial charge in [0.25, 0.3) is 0 Å². The molecule has 17 heavy (non-hydrogen) atoms. The monoisotopic (exact) mass is 251 g/mol. The first-order chi connectivity index (χ1) is 7.83. The highest BCUT2D eigenvalue weighted by Crippen LogP contribution is 2.32. The molecule has 0 aromatic heterocycles. The smallest absolute Gasteiger partial charge is 0.186 e. The quantitative estimate of drug-likeness (QED) is 0.774. The predicted molar refractivity (Wildman–Crippen MR) is 66.5 cm³/mol. The minimum Gasteiger partial charge on any atom is -0.496 e. The van der Waals surface area contributed by atoms with Crippen molar-refractivity contribution >= 4 is 17.4 Å². The predicted octanol–water partition coefficient (Wildman–Crippen LogP) is 3.39. The molecule has 90 valence electrons. The molecule has 0 N–H and O–H groups in total. The van der Waals surface area contributed by atoms with E-state index in [1.807, 2.05) is 6.07 Å². The van der Waals surface area contributed by atoms with Crippen LogP contribution in [0.25, 0.3) is 0 Å². The highest BCUT2D eigenvalue weighted by molar-refractivity contribution is 6.31. The molecule has 4 heteroatoms. The Bertz CT molecular complexity index is 501. The summed E-state index contributed by atoms with van der Waals surface area (Å²) in [6.45, 7) is 4.96. The van der Waals surface area contributed by atoms with Gasteiger partial charge in [-0.1, -0.05) is 11.6 Å². The Morgan fingerprint density at radius 2 is 2.06 bits per heavy atom. The molecule has 1 rings (SSSR count). The average Bonchev–Trinajstić information content (AvgIpc) is 2.27. The van der Waals surface area contributed by atoms with Crippen molar-refractivity contribution < 1.29 is 9.53 Å². The molecular weight excluding hydrogens is 238 g/mol. The Morgan fingerprint density at radius 3 is 2.53 bits per heavy atom. The maximum absolute atomic E-state index is 12.2. The maximum Gasteiger partial charge on any atom is 0.186 e. The van der Waals surface area contributed by atoms with E-state index in [0.717, 1.165) is 5.56 Å². The highest BCUT2D eigenvalue weighted by Gasteiger charge is 2.31. The Balaban J connectivity index is 3.42. The molecule has 0 radical (unpaired) electrons. The number of Topliss-reactive ketones (excluding diaryl/α,β-unsaturated/α-hetero) is 1. The number of hydrogen-bond donors (Lipinski definition) is 0. The van der Waals surface area contributed by atoms with Gasteiger partial charge in [0.1, 0.15) is 11.2 Å². The zero-order chi connectivity index (χ0) is 13.2. The van der Waals surface area contributed by atoms with E-state index in [1.165, 1.54) is 13.2 Å². The largest absolute Gasteiger partial charge is 0.496 e. The van der Waals surface area contributed by atoms with Crippen molar-refractivity contribution in [2.75, 3.05) is 7.11 Å². The molecule has 1 aromatic rings. The lowest BCUT2D eigenvalue weighted by atomic mass is 9.85. The Labute approximate surface area is 106 Å². The summed E-state index contributed by atoms with van der Waals surface area (Å²) in [5, 5.41) is 9.44. The number of nitriles is 1. The van der Waals surface area contributed by atoms with Crippen molar-refractivity contribution in [3.05, 3.63) is 28.3 Å². The Kier molecular flexibility index (Phi) is 3.79. The zero-order valence-corrected chi connectivity index (χ0v) is 11.1. The summed E-state index contributed by atoms with van der Waals surface area (Å²) in [5.41, 5.74) is 0.0332. The van der Waals surface area contributed by atoms with E-state index >= 15 is 0 Å². The molecule has 0 bridgehead atoms. The van der Waals surface area contributed by atoms with Gasteiger partial charge < -0.3 is 4.74 Å². The van der Waals surface area contributed by atoms with Crippen LogP contribution < -0.4 is 4.74 Å². The molecule has 0 aliphatic carbocycles. The lowest BCUT2D eigenvalue weighted by Gasteiger charge is -2.17. The number of hydrogen-bond acceptors (Lipinski definition) is 3. The number of rotatable bonds is 3. The third kappa shape index (κ3) is 2.59. The van der Waals surface area contributed by atoms with Crippen molar-refractivity contribution in [3.63, 3.8) is 0 Å². The van der Waals surface area contributed by atoms with E-state index in [1.54, 1.807) is 26.8 Å². The summed E-state index contributed by atoms with van der Waals surface area (Å²) in [5.74, 6) is 0.185. The van der Waals surface area contributed by atoms with Gasteiger partial charge in [-0.15, -0.1) is 0 Å². The maximum atomic E-state index is 12.2. The molecule has 0 amide bonds. The molecule has 1 aromatic carbocycles. The number of ether oxygens (including phenoxy) is 1. The van der Waals surface area contributed by atoms with Gasteiger partial charge in [-0.25, -0.2) is 0 Å². The van der Waals surface area contributed by atoms with Gasteiger partial charge in [0.2, 0.25) is 0 Å². The molecule has 0 aliphatic rings. The lowest BCUT2D eigenvalue weighted by Crippen LogP contribution is -2.23. The number of benzene rings is 1. The lowest BCUT2D eigenvalue weighted by molar-refractivity contribution is 0.0888. The summed E-state index contributed by atoms with van der Waals surface area (Å²) in [6, 6.07) is 5.24. The first-order valence-electron chi connectivity index (χ1n) is 5.13. The zero-order valence-electron chi connectivity index (χ0n) is 10.3. The van der Waals surface area contributed by atoms with E-state index < -0.39 is 5.41 Å². The molecule has 0 saturated heterocycles. The van der Waals surface area contributed by atoms with Crippen LogP contribution in [0.1, 0.15) is 29.8 Å². The van der Waals surface area contributed by atoms with Gasteiger partial charge in [-0.05, 0) is 38.5 Å². The summed E-state index contributed by atoms with van der Waals surface area (Å²) in [6.07, 6.45) is 0. The Morgan fingerprint density at radius 1 is 1.47 bits per heavy atom. The molecule has 3 nitrogen and oxygen atoms in total. The minimum atomic E-state index is -1.09. The first-order valence-corrected chi connectivity index (χ1v) is 5.51. The van der Waals surface area contributed by atoms with Gasteiger partial charge in [0.15, 0.2) is 5.78 Å². The minimum absolute atomic E-state index is 0.289. The fraction of sp³-hybridized carbons (Fsp3) is 0.385. The van der Waals surface area contributed by atoms with Gasteiger partial charge in [-0.2, -0.15) is 5.26 Å². The molecule has 0 spiro atoms. The normalized spacial score (nSPS) is 10.8. The summed E-state index contributed by atoms with van der Waals surface area (Å²) < 4.78 is 5.20. The van der Waals surface area contributed by atoms with Gasteiger partial charge in [0, 0.05) is 5.02 Å². The van der Waals surface area contributed by atoms with Crippen molar-refractivity contribution in [1.29, 1.82) is 5.26 Å². The summed E-state index contributed by atoms with van der Waals surface area (Å²) in [7, 11) is 1.49. The Hall–Kier alpha value is -1.53. The van der Waals surface area contributed by atoms with Gasteiger partial charge >= 0.3 is 0 Å². The van der Waals surface area contributed by atoms with Crippen LogP contribution in [-0.2, 0) is 0 Å². The van der Waals surface area contributed by atoms with Crippen molar-refractivity contribution in [3.8, 4) is 11.8 Å². The van der Waals surface area contributed by atoms with E-state index in [9.17, 15) is 4.79 Å². The highest BCUT2D eigenvalue weighted by atomic mass is 35.5. The molecule has 0 heterocycles. The summed E-state index contributed by atoms with van der Waals surface area (Å²) in [4.78, 5) is 12.2. The van der Waals surface area contributed by atoms with Gasteiger partial charge in [-0.3, -0.25) is 4.79 Å². The van der Waals surface area contributed by atoms with Crippen LogP contribution in [0.4, 0.5) is 0 Å². The van der Waals surface area contributed by atoms with Crippen molar-refractivity contribution in [2.24, 2.45) is 5.41 Å². The first kappa shape index (κ1) is 13.5. The molecule has 0 atom stereocenters. The number of carbonyl (C=O) groups excluding carboxylic acids is 1. The van der Waals surface area contributed by atoms with E-state index in [2.05, 4.69) is 0 Å². The molecule has 0 saturated carbocycles. The number of ketones is 1. The molecular formula is C13H14ClNO2.